The van der Waals surface area contributed by atoms with E-state index in [0.717, 1.165) is 12.0 Å². The molecular weight excluding hydrogens is 476 g/mol. The standard InChI is InChI=1S/C25H27F6NO3/c26-24(27,28)17-4-7-19(8-5-17)35-21-10-3-15-11-14(1-9-20(15)22(21)25(29,30)31)13-32-18-6-2-16(12-18)23(33)34/h1,3,9-11,16-19,32H,2,4-8,12-13H2,(H,33,34)/t16-,17-,18+,19+/m1/s1. The van der Waals surface area contributed by atoms with Crippen LogP contribution in [0.5, 0.6) is 5.75 Å². The minimum atomic E-state index is -4.70. The summed E-state index contributed by atoms with van der Waals surface area (Å²) < 4.78 is 86.3. The van der Waals surface area contributed by atoms with Gasteiger partial charge in [-0.15, -0.1) is 0 Å². The minimum Gasteiger partial charge on any atom is -0.490 e. The largest absolute Gasteiger partial charge is 0.490 e. The van der Waals surface area contributed by atoms with Crippen molar-refractivity contribution in [2.45, 2.75) is 76.0 Å². The van der Waals surface area contributed by atoms with Crippen LogP contribution in [0.15, 0.2) is 30.3 Å². The molecule has 10 heteroatoms. The summed E-state index contributed by atoms with van der Waals surface area (Å²) in [4.78, 5) is 11.1. The van der Waals surface area contributed by atoms with Crippen LogP contribution in [0.25, 0.3) is 10.8 Å². The first-order valence-electron chi connectivity index (χ1n) is 11.7. The third-order valence-corrected chi connectivity index (χ3v) is 7.14. The molecule has 4 nitrogen and oxygen atoms in total. The Hall–Kier alpha value is -2.49. The number of carboxylic acids is 1. The molecule has 192 valence electrons. The third-order valence-electron chi connectivity index (χ3n) is 7.14. The van der Waals surface area contributed by atoms with Crippen molar-refractivity contribution in [1.29, 1.82) is 0 Å². The summed E-state index contributed by atoms with van der Waals surface area (Å²) in [6, 6.07) is 7.44. The van der Waals surface area contributed by atoms with E-state index in [4.69, 9.17) is 9.84 Å². The van der Waals surface area contributed by atoms with Gasteiger partial charge >= 0.3 is 18.3 Å². The molecule has 2 N–H and O–H groups in total. The second-order valence-corrected chi connectivity index (χ2v) is 9.55. The lowest BCUT2D eigenvalue weighted by molar-refractivity contribution is -0.185. The number of carbonyl (C=O) groups is 1. The van der Waals surface area contributed by atoms with E-state index in [1.807, 2.05) is 0 Å². The van der Waals surface area contributed by atoms with E-state index in [2.05, 4.69) is 5.32 Å². The fraction of sp³-hybridized carbons (Fsp3) is 0.560. The SMILES string of the molecule is O=C(O)[C@@H]1CC[C@H](NCc2ccc3c(C(F)(F)F)c(O[C@H]4CC[C@@H](C(F)(F)F)CC4)ccc3c2)C1. The summed E-state index contributed by atoms with van der Waals surface area (Å²) in [6.45, 7) is 0.398. The van der Waals surface area contributed by atoms with Crippen LogP contribution in [0.3, 0.4) is 0 Å². The van der Waals surface area contributed by atoms with Gasteiger partial charge in [-0.1, -0.05) is 18.2 Å². The number of halogens is 6. The number of fused-ring (bicyclic) bond motifs is 1. The zero-order chi connectivity index (χ0) is 25.4. The highest BCUT2D eigenvalue weighted by Crippen LogP contribution is 2.44. The van der Waals surface area contributed by atoms with Gasteiger partial charge in [0.15, 0.2) is 0 Å². The van der Waals surface area contributed by atoms with Gasteiger partial charge in [0.05, 0.1) is 17.9 Å². The van der Waals surface area contributed by atoms with Gasteiger partial charge in [0, 0.05) is 12.6 Å². The summed E-state index contributed by atoms with van der Waals surface area (Å²) >= 11 is 0. The van der Waals surface area contributed by atoms with Gasteiger partial charge in [0.2, 0.25) is 0 Å². The highest BCUT2D eigenvalue weighted by Gasteiger charge is 2.42. The number of benzene rings is 2. The zero-order valence-electron chi connectivity index (χ0n) is 18.9. The summed E-state index contributed by atoms with van der Waals surface area (Å²) in [5.74, 6) is -2.99. The minimum absolute atomic E-state index is 0.0328. The molecule has 2 fully saturated rings. The Morgan fingerprint density at radius 3 is 2.29 bits per heavy atom. The molecule has 0 saturated heterocycles. The summed E-state index contributed by atoms with van der Waals surface area (Å²) in [7, 11) is 0. The Kier molecular flexibility index (Phi) is 7.22. The lowest BCUT2D eigenvalue weighted by Gasteiger charge is -2.31. The van der Waals surface area contributed by atoms with Crippen LogP contribution >= 0.6 is 0 Å². The lowest BCUT2D eigenvalue weighted by atomic mass is 9.87. The van der Waals surface area contributed by atoms with Crippen LogP contribution in [0, 0.1) is 11.8 Å². The third kappa shape index (κ3) is 6.02. The molecule has 2 aliphatic rings. The van der Waals surface area contributed by atoms with Gasteiger partial charge < -0.3 is 15.2 Å². The Morgan fingerprint density at radius 1 is 0.971 bits per heavy atom. The second kappa shape index (κ2) is 9.87. The Morgan fingerprint density at radius 2 is 1.69 bits per heavy atom. The van der Waals surface area contributed by atoms with Gasteiger partial charge in [-0.2, -0.15) is 26.3 Å². The molecule has 4 rings (SSSR count). The number of nitrogens with one attached hydrogen (secondary N) is 1. The number of aliphatic carboxylic acids is 1. The van der Waals surface area contributed by atoms with Gasteiger partial charge in [-0.25, -0.2) is 0 Å². The molecular formula is C25H27F6NO3. The highest BCUT2D eigenvalue weighted by molar-refractivity contribution is 5.89. The molecule has 0 unspecified atom stereocenters. The van der Waals surface area contributed by atoms with Crippen molar-refractivity contribution < 1.29 is 41.0 Å². The van der Waals surface area contributed by atoms with Gasteiger partial charge in [-0.3, -0.25) is 4.79 Å². The maximum Gasteiger partial charge on any atom is 0.420 e. The van der Waals surface area contributed by atoms with Crippen LogP contribution in [0.1, 0.15) is 56.1 Å². The molecule has 0 heterocycles. The van der Waals surface area contributed by atoms with Crippen molar-refractivity contribution in [3.8, 4) is 5.75 Å². The molecule has 0 aliphatic heterocycles. The van der Waals surface area contributed by atoms with Crippen LogP contribution in [-0.2, 0) is 17.5 Å². The molecule has 2 saturated carbocycles. The normalized spacial score (nSPS) is 25.7. The molecule has 2 aromatic carbocycles. The molecule has 0 amide bonds. The van der Waals surface area contributed by atoms with Crippen molar-refractivity contribution >= 4 is 16.7 Å². The van der Waals surface area contributed by atoms with Crippen LogP contribution in [-0.4, -0.2) is 29.4 Å². The zero-order valence-corrected chi connectivity index (χ0v) is 18.9. The van der Waals surface area contributed by atoms with Crippen molar-refractivity contribution in [3.63, 3.8) is 0 Å². The highest BCUT2D eigenvalue weighted by atomic mass is 19.4. The molecule has 0 aromatic heterocycles. The first-order chi connectivity index (χ1) is 16.4. The van der Waals surface area contributed by atoms with E-state index in [9.17, 15) is 31.1 Å². The molecule has 2 aromatic rings. The number of carboxylic acid groups (broad SMARTS) is 1. The molecule has 2 aliphatic carbocycles. The van der Waals surface area contributed by atoms with E-state index in [-0.39, 0.29) is 48.8 Å². The van der Waals surface area contributed by atoms with Crippen molar-refractivity contribution in [2.24, 2.45) is 11.8 Å². The molecule has 2 atom stereocenters. The molecule has 35 heavy (non-hydrogen) atoms. The van der Waals surface area contributed by atoms with Crippen LogP contribution in [0.4, 0.5) is 26.3 Å². The van der Waals surface area contributed by atoms with Crippen molar-refractivity contribution in [3.05, 3.63) is 41.5 Å². The number of ether oxygens (including phenoxy) is 1. The average Bonchev–Trinajstić information content (AvgIpc) is 3.26. The Bertz CT molecular complexity index is 1060. The monoisotopic (exact) mass is 503 g/mol. The first kappa shape index (κ1) is 25.6. The van der Waals surface area contributed by atoms with Crippen LogP contribution < -0.4 is 10.1 Å². The second-order valence-electron chi connectivity index (χ2n) is 9.55. The topological polar surface area (TPSA) is 58.6 Å². The molecule has 0 spiro atoms. The van der Waals surface area contributed by atoms with E-state index >= 15 is 0 Å². The predicted molar refractivity (Wildman–Crippen MR) is 117 cm³/mol. The average molecular weight is 503 g/mol. The number of alkyl halides is 6. The summed E-state index contributed by atoms with van der Waals surface area (Å²) in [6.07, 6.45) is -8.07. The Labute approximate surface area is 198 Å². The quantitative estimate of drug-likeness (QED) is 0.431. The van der Waals surface area contributed by atoms with E-state index in [1.54, 1.807) is 12.1 Å². The predicted octanol–water partition coefficient (Wildman–Crippen LogP) is 6.70. The Balaban J connectivity index is 1.48. The fourth-order valence-electron chi connectivity index (χ4n) is 5.20. The van der Waals surface area contributed by atoms with Gasteiger partial charge in [0.1, 0.15) is 11.3 Å². The number of hydrogen-bond acceptors (Lipinski definition) is 3. The van der Waals surface area contributed by atoms with E-state index in [0.29, 0.717) is 24.8 Å². The maximum absolute atomic E-state index is 14.0. The summed E-state index contributed by atoms with van der Waals surface area (Å²) in [5.41, 5.74) is -0.156. The lowest BCUT2D eigenvalue weighted by Crippen LogP contribution is -2.32. The molecule has 0 bridgehead atoms. The smallest absolute Gasteiger partial charge is 0.420 e. The summed E-state index contributed by atoms with van der Waals surface area (Å²) in [5, 5.41) is 12.7. The first-order valence-corrected chi connectivity index (χ1v) is 11.7. The van der Waals surface area contributed by atoms with Gasteiger partial charge in [-0.05, 0) is 73.4 Å². The maximum atomic E-state index is 14.0. The molecule has 0 radical (unpaired) electrons. The van der Waals surface area contributed by atoms with E-state index < -0.39 is 35.9 Å². The fourth-order valence-corrected chi connectivity index (χ4v) is 5.20. The number of hydrogen-bond donors (Lipinski definition) is 2. The van der Waals surface area contributed by atoms with Gasteiger partial charge in [0.25, 0.3) is 0 Å². The number of rotatable bonds is 6. The van der Waals surface area contributed by atoms with Crippen molar-refractivity contribution in [1.82, 2.24) is 5.32 Å². The van der Waals surface area contributed by atoms with Crippen LogP contribution in [0.2, 0.25) is 0 Å². The van der Waals surface area contributed by atoms with E-state index in [1.165, 1.54) is 18.2 Å². The van der Waals surface area contributed by atoms with Crippen molar-refractivity contribution in [2.75, 3.05) is 0 Å².